The smallest absolute Gasteiger partial charge is 0.0465 e. The van der Waals surface area contributed by atoms with E-state index in [0.29, 0.717) is 0 Å². The molecule has 0 atom stereocenters. The second kappa shape index (κ2) is 8.84. The molecule has 134 valence electrons. The van der Waals surface area contributed by atoms with E-state index in [9.17, 15) is 0 Å². The van der Waals surface area contributed by atoms with Crippen LogP contribution in [0.15, 0.2) is 24.3 Å². The van der Waals surface area contributed by atoms with Crippen LogP contribution >= 0.6 is 0 Å². The third kappa shape index (κ3) is 5.20. The van der Waals surface area contributed by atoms with Gasteiger partial charge in [-0.25, -0.2) is 0 Å². The van der Waals surface area contributed by atoms with E-state index in [1.165, 1.54) is 50.3 Å². The van der Waals surface area contributed by atoms with Crippen LogP contribution in [0.3, 0.4) is 0 Å². The summed E-state index contributed by atoms with van der Waals surface area (Å²) >= 11 is 0. The van der Waals surface area contributed by atoms with Crippen LogP contribution in [0.4, 0.5) is 5.69 Å². The summed E-state index contributed by atoms with van der Waals surface area (Å²) in [4.78, 5) is 7.68. The van der Waals surface area contributed by atoms with Crippen LogP contribution in [0.5, 0.6) is 0 Å². The van der Waals surface area contributed by atoms with E-state index in [0.717, 1.165) is 38.6 Å². The van der Waals surface area contributed by atoms with E-state index in [2.05, 4.69) is 46.0 Å². The zero-order valence-corrected chi connectivity index (χ0v) is 15.4. The van der Waals surface area contributed by atoms with Crippen LogP contribution < -0.4 is 4.90 Å². The number of piperazine rings is 1. The molecule has 0 radical (unpaired) electrons. The van der Waals surface area contributed by atoms with Gasteiger partial charge in [0.25, 0.3) is 0 Å². The Labute approximate surface area is 147 Å². The Hall–Kier alpha value is -1.10. The Morgan fingerprint density at radius 2 is 1.79 bits per heavy atom. The zero-order chi connectivity index (χ0) is 16.8. The van der Waals surface area contributed by atoms with Gasteiger partial charge in [-0.2, -0.15) is 0 Å². The highest BCUT2D eigenvalue weighted by molar-refractivity contribution is 5.48. The van der Waals surface area contributed by atoms with Crippen molar-refractivity contribution in [1.29, 1.82) is 0 Å². The molecule has 0 unspecified atom stereocenters. The number of rotatable bonds is 9. The van der Waals surface area contributed by atoms with Crippen LogP contribution in [-0.2, 0) is 11.2 Å². The average Bonchev–Trinajstić information content (AvgIpc) is 3.46. The maximum Gasteiger partial charge on any atom is 0.0465 e. The Bertz CT molecular complexity index is 478. The van der Waals surface area contributed by atoms with Crippen LogP contribution in [0, 0.1) is 0 Å². The van der Waals surface area contributed by atoms with Crippen LogP contribution in [-0.4, -0.2) is 75.9 Å². The van der Waals surface area contributed by atoms with Gasteiger partial charge in [0.1, 0.15) is 0 Å². The molecular weight excluding hydrogens is 298 g/mol. The van der Waals surface area contributed by atoms with E-state index < -0.39 is 0 Å². The minimum Gasteiger partial charge on any atom is -0.385 e. The zero-order valence-electron chi connectivity index (χ0n) is 15.4. The quantitative estimate of drug-likeness (QED) is 0.647. The van der Waals surface area contributed by atoms with Gasteiger partial charge in [-0.1, -0.05) is 12.1 Å². The monoisotopic (exact) mass is 331 g/mol. The van der Waals surface area contributed by atoms with Crippen LogP contribution in [0.25, 0.3) is 0 Å². The molecule has 4 nitrogen and oxygen atoms in total. The number of aryl methyl sites for hydroxylation is 1. The first kappa shape index (κ1) is 17.7. The number of ether oxygens (including phenoxy) is 1. The maximum atomic E-state index is 5.13. The molecular formula is C20H33N3O. The lowest BCUT2D eigenvalue weighted by Gasteiger charge is -2.36. The Kier molecular flexibility index (Phi) is 6.52. The fraction of sp³-hybridized carbons (Fsp3) is 0.700. The first-order chi connectivity index (χ1) is 11.8. The minimum atomic E-state index is 0.847. The minimum absolute atomic E-state index is 0.847. The number of nitrogens with zero attached hydrogens (tertiary/aromatic N) is 3. The highest BCUT2D eigenvalue weighted by Crippen LogP contribution is 2.25. The number of hydrogen-bond acceptors (Lipinski definition) is 4. The molecule has 1 saturated heterocycles. The standard InChI is InChI=1S/C20H33N3O/c1-21(19-9-10-19)11-12-22-13-15-23(16-14-22)20-7-5-18(6-8-20)4-3-17-24-2/h5-8,19H,3-4,9-17H2,1-2H3. The van der Waals surface area contributed by atoms with Crippen molar-refractivity contribution in [3.8, 4) is 0 Å². The van der Waals surface area contributed by atoms with Crippen LogP contribution in [0.1, 0.15) is 24.8 Å². The molecule has 0 aromatic heterocycles. The van der Waals surface area contributed by atoms with Crippen molar-refractivity contribution in [3.63, 3.8) is 0 Å². The number of methoxy groups -OCH3 is 1. The number of benzene rings is 1. The average molecular weight is 332 g/mol. The SMILES string of the molecule is COCCCc1ccc(N2CCN(CCN(C)C3CC3)CC2)cc1. The Morgan fingerprint density at radius 3 is 2.42 bits per heavy atom. The van der Waals surface area contributed by atoms with Crippen molar-refractivity contribution in [1.82, 2.24) is 9.80 Å². The second-order valence-electron chi connectivity index (χ2n) is 7.30. The topological polar surface area (TPSA) is 19.0 Å². The number of anilines is 1. The summed E-state index contributed by atoms with van der Waals surface area (Å²) in [6.07, 6.45) is 5.03. The summed E-state index contributed by atoms with van der Waals surface area (Å²) in [6.45, 7) is 7.97. The van der Waals surface area contributed by atoms with Gasteiger partial charge >= 0.3 is 0 Å². The summed E-state index contributed by atoms with van der Waals surface area (Å²) in [5, 5.41) is 0. The third-order valence-corrected chi connectivity index (χ3v) is 5.43. The Balaban J connectivity index is 1.39. The van der Waals surface area contributed by atoms with Gasteiger partial charge in [-0.05, 0) is 50.4 Å². The summed E-state index contributed by atoms with van der Waals surface area (Å²) in [6, 6.07) is 10.0. The number of likely N-dealkylation sites (N-methyl/N-ethyl adjacent to an activating group) is 1. The van der Waals surface area contributed by atoms with Crippen molar-refractivity contribution in [2.24, 2.45) is 0 Å². The van der Waals surface area contributed by atoms with Gasteiger partial charge in [-0.3, -0.25) is 4.90 Å². The third-order valence-electron chi connectivity index (χ3n) is 5.43. The summed E-state index contributed by atoms with van der Waals surface area (Å²) in [5.74, 6) is 0. The van der Waals surface area contributed by atoms with E-state index in [4.69, 9.17) is 4.74 Å². The van der Waals surface area contributed by atoms with Gasteiger partial charge in [-0.15, -0.1) is 0 Å². The van der Waals surface area contributed by atoms with Crippen molar-refractivity contribution < 1.29 is 4.74 Å². The fourth-order valence-corrected chi connectivity index (χ4v) is 3.52. The molecule has 1 saturated carbocycles. The molecule has 1 heterocycles. The van der Waals surface area contributed by atoms with Crippen molar-refractivity contribution in [3.05, 3.63) is 29.8 Å². The van der Waals surface area contributed by atoms with Crippen LogP contribution in [0.2, 0.25) is 0 Å². The summed E-state index contributed by atoms with van der Waals surface area (Å²) in [7, 11) is 4.05. The highest BCUT2D eigenvalue weighted by Gasteiger charge is 2.26. The largest absolute Gasteiger partial charge is 0.385 e. The molecule has 0 N–H and O–H groups in total. The molecule has 1 aromatic carbocycles. The first-order valence-electron chi connectivity index (χ1n) is 9.51. The summed E-state index contributed by atoms with van der Waals surface area (Å²) in [5.41, 5.74) is 2.79. The van der Waals surface area contributed by atoms with E-state index in [1.54, 1.807) is 7.11 Å². The van der Waals surface area contributed by atoms with Crippen molar-refractivity contribution in [2.45, 2.75) is 31.7 Å². The fourth-order valence-electron chi connectivity index (χ4n) is 3.52. The van der Waals surface area contributed by atoms with E-state index in [1.807, 2.05) is 0 Å². The normalized spacial score (nSPS) is 19.2. The molecule has 0 spiro atoms. The molecule has 3 rings (SSSR count). The van der Waals surface area contributed by atoms with Crippen molar-refractivity contribution in [2.75, 3.05) is 64.9 Å². The molecule has 2 aliphatic rings. The lowest BCUT2D eigenvalue weighted by Crippen LogP contribution is -2.48. The molecule has 24 heavy (non-hydrogen) atoms. The number of hydrogen-bond donors (Lipinski definition) is 0. The van der Waals surface area contributed by atoms with E-state index >= 15 is 0 Å². The predicted octanol–water partition coefficient (Wildman–Crippen LogP) is 2.48. The molecule has 4 heteroatoms. The molecule has 0 amide bonds. The van der Waals surface area contributed by atoms with Gasteiger partial charge in [0.2, 0.25) is 0 Å². The van der Waals surface area contributed by atoms with Gasteiger partial charge in [0.05, 0.1) is 0 Å². The lowest BCUT2D eigenvalue weighted by molar-refractivity contribution is 0.195. The molecule has 0 bridgehead atoms. The maximum absolute atomic E-state index is 5.13. The molecule has 1 aliphatic carbocycles. The first-order valence-corrected chi connectivity index (χ1v) is 9.51. The summed E-state index contributed by atoms with van der Waals surface area (Å²) < 4.78 is 5.13. The van der Waals surface area contributed by atoms with E-state index in [-0.39, 0.29) is 0 Å². The van der Waals surface area contributed by atoms with Gasteiger partial charge < -0.3 is 14.5 Å². The second-order valence-corrected chi connectivity index (χ2v) is 7.30. The predicted molar refractivity (Wildman–Crippen MR) is 101 cm³/mol. The molecule has 2 fully saturated rings. The van der Waals surface area contributed by atoms with Gasteiger partial charge in [0, 0.05) is 64.7 Å². The lowest BCUT2D eigenvalue weighted by atomic mass is 10.1. The highest BCUT2D eigenvalue weighted by atomic mass is 16.5. The molecule has 1 aromatic rings. The molecule has 1 aliphatic heterocycles. The van der Waals surface area contributed by atoms with Crippen molar-refractivity contribution >= 4 is 5.69 Å². The van der Waals surface area contributed by atoms with Gasteiger partial charge in [0.15, 0.2) is 0 Å². The Morgan fingerprint density at radius 1 is 1.08 bits per heavy atom.